The van der Waals surface area contributed by atoms with E-state index in [2.05, 4.69) is 15.2 Å². The summed E-state index contributed by atoms with van der Waals surface area (Å²) >= 11 is 0. The van der Waals surface area contributed by atoms with Crippen LogP contribution in [0.15, 0.2) is 18.3 Å². The van der Waals surface area contributed by atoms with Gasteiger partial charge in [-0.05, 0) is 26.0 Å². The van der Waals surface area contributed by atoms with Gasteiger partial charge in [0.05, 0.1) is 30.1 Å². The van der Waals surface area contributed by atoms with Crippen molar-refractivity contribution in [2.24, 2.45) is 0 Å². The Kier molecular flexibility index (Phi) is 3.99. The van der Waals surface area contributed by atoms with Crippen LogP contribution in [0.2, 0.25) is 0 Å². The lowest BCUT2D eigenvalue weighted by Crippen LogP contribution is -2.59. The molecule has 1 aliphatic heterocycles. The van der Waals surface area contributed by atoms with E-state index in [1.807, 2.05) is 19.9 Å². The number of carboxylic acid groups (broad SMARTS) is 1. The standard InChI is InChI=1S/C13H20N4O3/c1-13(2,16-12(18)19)10-8-17(5-6-20-10)9-3-4-11(14)15-7-9/h3-4,7,10,16H,5-6,8H2,1-2H3,(H2,14,15)(H,18,19). The molecule has 1 saturated heterocycles. The molecular formula is C13H20N4O3. The molecule has 1 atom stereocenters. The second-order valence-corrected chi connectivity index (χ2v) is 5.40. The van der Waals surface area contributed by atoms with Gasteiger partial charge >= 0.3 is 6.09 Å². The highest BCUT2D eigenvalue weighted by Gasteiger charge is 2.35. The molecule has 110 valence electrons. The average Bonchev–Trinajstić information content (AvgIpc) is 2.38. The third-order valence-electron chi connectivity index (χ3n) is 3.44. The summed E-state index contributed by atoms with van der Waals surface area (Å²) in [5.74, 6) is 0.478. The van der Waals surface area contributed by atoms with Crippen LogP contribution in [0.25, 0.3) is 0 Å². The molecule has 0 radical (unpaired) electrons. The van der Waals surface area contributed by atoms with Crippen molar-refractivity contribution in [3.8, 4) is 0 Å². The second-order valence-electron chi connectivity index (χ2n) is 5.40. The third kappa shape index (κ3) is 3.30. The lowest BCUT2D eigenvalue weighted by molar-refractivity contribution is -0.0111. The van der Waals surface area contributed by atoms with Crippen molar-refractivity contribution in [1.82, 2.24) is 10.3 Å². The van der Waals surface area contributed by atoms with Crippen molar-refractivity contribution in [2.75, 3.05) is 30.3 Å². The van der Waals surface area contributed by atoms with Crippen molar-refractivity contribution in [1.29, 1.82) is 0 Å². The van der Waals surface area contributed by atoms with Crippen molar-refractivity contribution in [3.63, 3.8) is 0 Å². The number of nitrogens with one attached hydrogen (secondary N) is 1. The van der Waals surface area contributed by atoms with Gasteiger partial charge in [0.2, 0.25) is 0 Å². The maximum Gasteiger partial charge on any atom is 0.405 e. The number of carbonyl (C=O) groups is 1. The second kappa shape index (κ2) is 5.54. The maximum absolute atomic E-state index is 10.8. The van der Waals surface area contributed by atoms with Gasteiger partial charge in [-0.3, -0.25) is 0 Å². The van der Waals surface area contributed by atoms with Crippen LogP contribution < -0.4 is 16.0 Å². The van der Waals surface area contributed by atoms with Crippen molar-refractivity contribution >= 4 is 17.6 Å². The summed E-state index contributed by atoms with van der Waals surface area (Å²) in [6, 6.07) is 3.66. The van der Waals surface area contributed by atoms with Crippen LogP contribution in [0, 0.1) is 0 Å². The van der Waals surface area contributed by atoms with Gasteiger partial charge in [-0.2, -0.15) is 0 Å². The number of rotatable bonds is 3. The van der Waals surface area contributed by atoms with Crippen LogP contribution in [0.4, 0.5) is 16.3 Å². The zero-order chi connectivity index (χ0) is 14.8. The predicted molar refractivity (Wildman–Crippen MR) is 75.8 cm³/mol. The SMILES string of the molecule is CC(C)(NC(=O)O)C1CN(c2ccc(N)nc2)CCO1. The summed E-state index contributed by atoms with van der Waals surface area (Å²) in [6.45, 7) is 5.51. The molecule has 1 amide bonds. The zero-order valence-electron chi connectivity index (χ0n) is 11.7. The highest BCUT2D eigenvalue weighted by molar-refractivity contribution is 5.65. The van der Waals surface area contributed by atoms with E-state index in [-0.39, 0.29) is 6.10 Å². The van der Waals surface area contributed by atoms with Gasteiger partial charge in [0.25, 0.3) is 0 Å². The minimum Gasteiger partial charge on any atom is -0.465 e. The molecule has 0 aromatic carbocycles. The highest BCUT2D eigenvalue weighted by Crippen LogP contribution is 2.22. The Hall–Kier alpha value is -2.02. The largest absolute Gasteiger partial charge is 0.465 e. The number of nitrogens with two attached hydrogens (primary N) is 1. The van der Waals surface area contributed by atoms with Crippen molar-refractivity contribution in [2.45, 2.75) is 25.5 Å². The summed E-state index contributed by atoms with van der Waals surface area (Å²) in [4.78, 5) is 17.0. The molecule has 0 bridgehead atoms. The van der Waals surface area contributed by atoms with Crippen LogP contribution in [0.5, 0.6) is 0 Å². The number of morpholine rings is 1. The predicted octanol–water partition coefficient (Wildman–Crippen LogP) is 0.915. The number of nitrogens with zero attached hydrogens (tertiary/aromatic N) is 2. The van der Waals surface area contributed by atoms with Crippen LogP contribution in [-0.2, 0) is 4.74 Å². The van der Waals surface area contributed by atoms with E-state index in [4.69, 9.17) is 15.6 Å². The van der Waals surface area contributed by atoms with Crippen molar-refractivity contribution in [3.05, 3.63) is 18.3 Å². The Morgan fingerprint density at radius 1 is 1.60 bits per heavy atom. The topological polar surface area (TPSA) is 101 Å². The van der Waals surface area contributed by atoms with E-state index >= 15 is 0 Å². The summed E-state index contributed by atoms with van der Waals surface area (Å²) in [7, 11) is 0. The summed E-state index contributed by atoms with van der Waals surface area (Å²) in [6.07, 6.45) is 0.435. The molecule has 1 aliphatic rings. The Bertz CT molecular complexity index is 475. The van der Waals surface area contributed by atoms with E-state index in [0.717, 1.165) is 12.2 Å². The summed E-state index contributed by atoms with van der Waals surface area (Å²) < 4.78 is 5.71. The molecule has 0 saturated carbocycles. The molecule has 7 heteroatoms. The summed E-state index contributed by atoms with van der Waals surface area (Å²) in [5.41, 5.74) is 5.87. The van der Waals surface area contributed by atoms with Crippen LogP contribution in [0.3, 0.4) is 0 Å². The number of aromatic nitrogens is 1. The van der Waals surface area contributed by atoms with Crippen molar-refractivity contribution < 1.29 is 14.6 Å². The van der Waals surface area contributed by atoms with E-state index < -0.39 is 11.6 Å². The highest BCUT2D eigenvalue weighted by atomic mass is 16.5. The Morgan fingerprint density at radius 2 is 2.35 bits per heavy atom. The molecule has 1 aromatic rings. The van der Waals surface area contributed by atoms with Crippen LogP contribution in [-0.4, -0.2) is 47.5 Å². The third-order valence-corrected chi connectivity index (χ3v) is 3.44. The molecule has 1 fully saturated rings. The molecule has 0 spiro atoms. The smallest absolute Gasteiger partial charge is 0.405 e. The van der Waals surface area contributed by atoms with Gasteiger partial charge in [0.1, 0.15) is 5.82 Å². The number of hydrogen-bond acceptors (Lipinski definition) is 5. The first-order valence-corrected chi connectivity index (χ1v) is 6.47. The fourth-order valence-corrected chi connectivity index (χ4v) is 2.26. The quantitative estimate of drug-likeness (QED) is 0.761. The minimum absolute atomic E-state index is 0.232. The molecule has 1 unspecified atom stereocenters. The molecule has 1 aromatic heterocycles. The van der Waals surface area contributed by atoms with Gasteiger partial charge in [-0.25, -0.2) is 9.78 Å². The summed E-state index contributed by atoms with van der Waals surface area (Å²) in [5, 5.41) is 11.4. The monoisotopic (exact) mass is 280 g/mol. The maximum atomic E-state index is 10.8. The molecular weight excluding hydrogens is 260 g/mol. The van der Waals surface area contributed by atoms with E-state index in [9.17, 15) is 4.79 Å². The van der Waals surface area contributed by atoms with E-state index in [0.29, 0.717) is 19.0 Å². The minimum atomic E-state index is -1.05. The fourth-order valence-electron chi connectivity index (χ4n) is 2.26. The molecule has 2 rings (SSSR count). The molecule has 2 heterocycles. The van der Waals surface area contributed by atoms with Gasteiger partial charge in [0, 0.05) is 13.1 Å². The van der Waals surface area contributed by atoms with Gasteiger partial charge in [-0.15, -0.1) is 0 Å². The first-order chi connectivity index (χ1) is 9.38. The first-order valence-electron chi connectivity index (χ1n) is 6.47. The van der Waals surface area contributed by atoms with Gasteiger partial charge in [0.15, 0.2) is 0 Å². The van der Waals surface area contributed by atoms with Gasteiger partial charge < -0.3 is 25.8 Å². The lowest BCUT2D eigenvalue weighted by Gasteiger charge is -2.41. The number of ether oxygens (including phenoxy) is 1. The number of hydrogen-bond donors (Lipinski definition) is 3. The number of anilines is 2. The zero-order valence-corrected chi connectivity index (χ0v) is 11.7. The van der Waals surface area contributed by atoms with Crippen LogP contribution >= 0.6 is 0 Å². The number of nitrogen functional groups attached to an aromatic ring is 1. The number of pyridine rings is 1. The average molecular weight is 280 g/mol. The Morgan fingerprint density at radius 3 is 2.95 bits per heavy atom. The number of amides is 1. The van der Waals surface area contributed by atoms with E-state index in [1.54, 1.807) is 12.3 Å². The van der Waals surface area contributed by atoms with Crippen LogP contribution in [0.1, 0.15) is 13.8 Å². The molecule has 0 aliphatic carbocycles. The molecule has 4 N–H and O–H groups in total. The fraction of sp³-hybridized carbons (Fsp3) is 0.538. The Labute approximate surface area is 117 Å². The van der Waals surface area contributed by atoms with Gasteiger partial charge in [-0.1, -0.05) is 0 Å². The van der Waals surface area contributed by atoms with E-state index in [1.165, 1.54) is 0 Å². The first kappa shape index (κ1) is 14.4. The molecule has 20 heavy (non-hydrogen) atoms. The lowest BCUT2D eigenvalue weighted by atomic mass is 9.95. The Balaban J connectivity index is 2.08. The molecule has 7 nitrogen and oxygen atoms in total. The normalized spacial score (nSPS) is 19.7.